The van der Waals surface area contributed by atoms with Crippen LogP contribution in [-0.2, 0) is 7.05 Å². The van der Waals surface area contributed by atoms with Crippen LogP contribution < -0.4 is 9.80 Å². The Morgan fingerprint density at radius 1 is 0.913 bits per heavy atom. The lowest BCUT2D eigenvalue weighted by atomic mass is 10.2. The smallest absolute Gasteiger partial charge is 0.163 e. The summed E-state index contributed by atoms with van der Waals surface area (Å²) in [6.45, 7) is 5.58. The monoisotopic (exact) mass is 310 g/mol. The van der Waals surface area contributed by atoms with E-state index in [2.05, 4.69) is 34.8 Å². The van der Waals surface area contributed by atoms with E-state index in [-0.39, 0.29) is 0 Å². The van der Waals surface area contributed by atoms with Crippen LogP contribution in [0.5, 0.6) is 0 Å². The van der Waals surface area contributed by atoms with Gasteiger partial charge >= 0.3 is 0 Å². The van der Waals surface area contributed by atoms with Crippen molar-refractivity contribution in [2.45, 2.75) is 6.92 Å². The Bertz CT molecular complexity index is 834. The predicted octanol–water partition coefficient (Wildman–Crippen LogP) is 0.788. The van der Waals surface area contributed by atoms with Crippen LogP contribution in [0.2, 0.25) is 0 Å². The number of rotatable bonds is 2. The van der Waals surface area contributed by atoms with Crippen LogP contribution in [0, 0.1) is 6.92 Å². The molecular weight excluding hydrogens is 292 g/mol. The first kappa shape index (κ1) is 13.9. The highest BCUT2D eigenvalue weighted by atomic mass is 15.3. The third-order valence-electron chi connectivity index (χ3n) is 4.20. The van der Waals surface area contributed by atoms with Crippen molar-refractivity contribution in [3.8, 4) is 0 Å². The third-order valence-corrected chi connectivity index (χ3v) is 4.20. The summed E-state index contributed by atoms with van der Waals surface area (Å²) in [5, 5.41) is 5.28. The van der Waals surface area contributed by atoms with Gasteiger partial charge in [-0.25, -0.2) is 19.9 Å². The molecule has 1 aliphatic rings. The van der Waals surface area contributed by atoms with Gasteiger partial charge in [0, 0.05) is 45.0 Å². The number of hydrogen-bond donors (Lipinski definition) is 0. The first-order valence-electron chi connectivity index (χ1n) is 7.63. The molecule has 0 spiro atoms. The molecule has 1 aliphatic heterocycles. The molecule has 8 heteroatoms. The topological polar surface area (TPSA) is 75.9 Å². The van der Waals surface area contributed by atoms with Crippen molar-refractivity contribution in [3.05, 3.63) is 30.6 Å². The van der Waals surface area contributed by atoms with Crippen LogP contribution in [-0.4, -0.2) is 55.9 Å². The van der Waals surface area contributed by atoms with Crippen LogP contribution in [0.3, 0.4) is 0 Å². The van der Waals surface area contributed by atoms with Gasteiger partial charge in [-0.15, -0.1) is 0 Å². The first-order valence-corrected chi connectivity index (χ1v) is 7.63. The second-order valence-electron chi connectivity index (χ2n) is 5.69. The molecule has 0 radical (unpaired) electrons. The molecule has 3 aromatic heterocycles. The van der Waals surface area contributed by atoms with Crippen LogP contribution in [0.4, 0.5) is 11.6 Å². The van der Waals surface area contributed by atoms with Crippen molar-refractivity contribution in [2.24, 2.45) is 7.05 Å². The number of fused-ring (bicyclic) bond motifs is 1. The quantitative estimate of drug-likeness (QED) is 0.692. The van der Waals surface area contributed by atoms with Crippen LogP contribution in [0.25, 0.3) is 11.0 Å². The van der Waals surface area contributed by atoms with E-state index in [1.165, 1.54) is 0 Å². The molecule has 0 atom stereocenters. The van der Waals surface area contributed by atoms with Gasteiger partial charge < -0.3 is 9.80 Å². The Balaban J connectivity index is 1.55. The van der Waals surface area contributed by atoms with E-state index in [1.807, 2.05) is 26.2 Å². The molecule has 1 fully saturated rings. The second-order valence-corrected chi connectivity index (χ2v) is 5.69. The van der Waals surface area contributed by atoms with E-state index in [4.69, 9.17) is 0 Å². The van der Waals surface area contributed by atoms with Crippen molar-refractivity contribution in [3.63, 3.8) is 0 Å². The Morgan fingerprint density at radius 2 is 1.65 bits per heavy atom. The van der Waals surface area contributed by atoms with E-state index < -0.39 is 0 Å². The van der Waals surface area contributed by atoms with Gasteiger partial charge in [-0.3, -0.25) is 4.68 Å². The highest BCUT2D eigenvalue weighted by Gasteiger charge is 2.21. The molecule has 0 aromatic carbocycles. The zero-order valence-electron chi connectivity index (χ0n) is 13.2. The SMILES string of the molecule is Cc1cc(N2CCN(c3ncnc4c3cnn4C)CC2)ncn1. The summed E-state index contributed by atoms with van der Waals surface area (Å²) in [6, 6.07) is 2.03. The molecule has 3 aromatic rings. The minimum absolute atomic E-state index is 0.865. The maximum absolute atomic E-state index is 4.47. The van der Waals surface area contributed by atoms with Gasteiger partial charge in [-0.1, -0.05) is 0 Å². The number of aromatic nitrogens is 6. The van der Waals surface area contributed by atoms with E-state index in [9.17, 15) is 0 Å². The van der Waals surface area contributed by atoms with Gasteiger partial charge in [-0.2, -0.15) is 5.10 Å². The molecule has 4 rings (SSSR count). The lowest BCUT2D eigenvalue weighted by Crippen LogP contribution is -2.47. The summed E-state index contributed by atoms with van der Waals surface area (Å²) in [5.41, 5.74) is 1.86. The van der Waals surface area contributed by atoms with E-state index in [0.717, 1.165) is 54.5 Å². The molecule has 1 saturated heterocycles. The van der Waals surface area contributed by atoms with Crippen molar-refractivity contribution in [1.29, 1.82) is 0 Å². The third kappa shape index (κ3) is 2.45. The standard InChI is InChI=1S/C15H18N8/c1-11-7-13(17-9-16-11)22-3-5-23(6-4-22)15-12-8-20-21(2)14(12)18-10-19-15/h7-10H,3-6H2,1-2H3. The first-order chi connectivity index (χ1) is 11.2. The normalized spacial score (nSPS) is 15.4. The molecule has 0 aliphatic carbocycles. The molecular formula is C15H18N8. The van der Waals surface area contributed by atoms with E-state index in [0.29, 0.717) is 0 Å². The average molecular weight is 310 g/mol. The molecule has 0 saturated carbocycles. The number of piperazine rings is 1. The van der Waals surface area contributed by atoms with Gasteiger partial charge in [0.05, 0.1) is 11.6 Å². The molecule has 0 bridgehead atoms. The second kappa shape index (κ2) is 5.45. The molecule has 23 heavy (non-hydrogen) atoms. The Hall–Kier alpha value is -2.77. The van der Waals surface area contributed by atoms with Crippen LogP contribution in [0.1, 0.15) is 5.69 Å². The van der Waals surface area contributed by atoms with Gasteiger partial charge in [0.1, 0.15) is 24.3 Å². The minimum atomic E-state index is 0.865. The maximum atomic E-state index is 4.47. The number of nitrogens with zero attached hydrogens (tertiary/aromatic N) is 8. The molecule has 118 valence electrons. The summed E-state index contributed by atoms with van der Waals surface area (Å²) in [6.07, 6.45) is 5.07. The minimum Gasteiger partial charge on any atom is -0.353 e. The Kier molecular flexibility index (Phi) is 3.29. The predicted molar refractivity (Wildman–Crippen MR) is 87.5 cm³/mol. The molecule has 4 heterocycles. The van der Waals surface area contributed by atoms with Crippen LogP contribution in [0.15, 0.2) is 24.9 Å². The lowest BCUT2D eigenvalue weighted by Gasteiger charge is -2.36. The zero-order valence-corrected chi connectivity index (χ0v) is 13.2. The zero-order chi connectivity index (χ0) is 15.8. The van der Waals surface area contributed by atoms with Crippen LogP contribution >= 0.6 is 0 Å². The molecule has 0 amide bonds. The number of hydrogen-bond acceptors (Lipinski definition) is 7. The van der Waals surface area contributed by atoms with E-state index >= 15 is 0 Å². The van der Waals surface area contributed by atoms with Gasteiger partial charge in [0.25, 0.3) is 0 Å². The fraction of sp³-hybridized carbons (Fsp3) is 0.400. The van der Waals surface area contributed by atoms with Gasteiger partial charge in [0.2, 0.25) is 0 Å². The van der Waals surface area contributed by atoms with Gasteiger partial charge in [0.15, 0.2) is 5.65 Å². The molecule has 0 N–H and O–H groups in total. The maximum Gasteiger partial charge on any atom is 0.163 e. The van der Waals surface area contributed by atoms with Crippen molar-refractivity contribution in [2.75, 3.05) is 36.0 Å². The number of anilines is 2. The van der Waals surface area contributed by atoms with E-state index in [1.54, 1.807) is 17.3 Å². The highest BCUT2D eigenvalue weighted by Crippen LogP contribution is 2.24. The summed E-state index contributed by atoms with van der Waals surface area (Å²) >= 11 is 0. The summed E-state index contributed by atoms with van der Waals surface area (Å²) in [5.74, 6) is 1.95. The van der Waals surface area contributed by atoms with Gasteiger partial charge in [-0.05, 0) is 6.92 Å². The number of aryl methyl sites for hydroxylation is 2. The van der Waals surface area contributed by atoms with Crippen molar-refractivity contribution >= 4 is 22.7 Å². The summed E-state index contributed by atoms with van der Waals surface area (Å²) < 4.78 is 1.78. The highest BCUT2D eigenvalue weighted by molar-refractivity contribution is 5.86. The fourth-order valence-corrected chi connectivity index (χ4v) is 2.96. The molecule has 8 nitrogen and oxygen atoms in total. The fourth-order valence-electron chi connectivity index (χ4n) is 2.96. The summed E-state index contributed by atoms with van der Waals surface area (Å²) in [4.78, 5) is 21.9. The van der Waals surface area contributed by atoms with Crippen molar-refractivity contribution < 1.29 is 0 Å². The average Bonchev–Trinajstić information content (AvgIpc) is 2.97. The molecule has 0 unspecified atom stereocenters. The Labute approximate surface area is 133 Å². The Morgan fingerprint density at radius 3 is 2.43 bits per heavy atom. The lowest BCUT2D eigenvalue weighted by molar-refractivity contribution is 0.642. The van der Waals surface area contributed by atoms with Crippen molar-refractivity contribution in [1.82, 2.24) is 29.7 Å². The summed E-state index contributed by atoms with van der Waals surface area (Å²) in [7, 11) is 1.90. The largest absolute Gasteiger partial charge is 0.353 e.